The van der Waals surface area contributed by atoms with Crippen LogP contribution in [-0.4, -0.2) is 24.7 Å². The molecule has 31 heavy (non-hydrogen) atoms. The predicted molar refractivity (Wildman–Crippen MR) is 114 cm³/mol. The van der Waals surface area contributed by atoms with Gasteiger partial charge in [0.05, 0.1) is 11.2 Å². The molecule has 1 fully saturated rings. The van der Waals surface area contributed by atoms with Gasteiger partial charge >= 0.3 is 13.5 Å². The van der Waals surface area contributed by atoms with Crippen molar-refractivity contribution in [1.29, 1.82) is 0 Å². The van der Waals surface area contributed by atoms with Gasteiger partial charge in [-0.1, -0.05) is 35.3 Å². The van der Waals surface area contributed by atoms with Crippen molar-refractivity contribution in [2.75, 3.05) is 0 Å². The monoisotopic (exact) mass is 476 g/mol. The largest absolute Gasteiger partial charge is 0.573 e. The van der Waals surface area contributed by atoms with Crippen LogP contribution in [0.4, 0.5) is 13.2 Å². The first-order valence-corrected chi connectivity index (χ1v) is 10.3. The van der Waals surface area contributed by atoms with Gasteiger partial charge in [0.25, 0.3) is 0 Å². The van der Waals surface area contributed by atoms with Crippen LogP contribution in [0.5, 0.6) is 11.5 Å². The normalized spacial score (nSPS) is 18.7. The van der Waals surface area contributed by atoms with Crippen molar-refractivity contribution in [3.05, 3.63) is 52.0 Å². The van der Waals surface area contributed by atoms with Gasteiger partial charge in [0.2, 0.25) is 0 Å². The van der Waals surface area contributed by atoms with Crippen molar-refractivity contribution in [2.24, 2.45) is 0 Å². The van der Waals surface area contributed by atoms with Gasteiger partial charge in [0.15, 0.2) is 11.5 Å². The minimum atomic E-state index is -4.91. The van der Waals surface area contributed by atoms with Crippen LogP contribution in [0.3, 0.4) is 0 Å². The summed E-state index contributed by atoms with van der Waals surface area (Å²) in [5.41, 5.74) is -0.336. The zero-order chi connectivity index (χ0) is 23.2. The first-order valence-electron chi connectivity index (χ1n) is 9.55. The fourth-order valence-electron chi connectivity index (χ4n) is 3.04. The van der Waals surface area contributed by atoms with Gasteiger partial charge in [-0.2, -0.15) is 0 Å². The van der Waals surface area contributed by atoms with Gasteiger partial charge in [-0.05, 0) is 64.3 Å². The van der Waals surface area contributed by atoms with Crippen molar-refractivity contribution >= 4 is 35.8 Å². The van der Waals surface area contributed by atoms with Crippen LogP contribution in [0.25, 0.3) is 0 Å². The van der Waals surface area contributed by atoms with E-state index < -0.39 is 36.5 Å². The summed E-state index contributed by atoms with van der Waals surface area (Å²) in [6, 6.07) is 8.99. The van der Waals surface area contributed by atoms with Crippen molar-refractivity contribution in [3.8, 4) is 11.5 Å². The summed E-state index contributed by atoms with van der Waals surface area (Å²) in [4.78, 5) is 0. The van der Waals surface area contributed by atoms with Crippen LogP contribution in [0, 0.1) is 0 Å². The van der Waals surface area contributed by atoms with Crippen LogP contribution in [-0.2, 0) is 9.31 Å². The smallest absolute Gasteiger partial charge is 0.482 e. The van der Waals surface area contributed by atoms with Crippen LogP contribution >= 0.6 is 23.2 Å². The number of ether oxygens (including phenoxy) is 2. The maximum Gasteiger partial charge on any atom is 0.573 e. The first-order chi connectivity index (χ1) is 14.2. The number of halogens is 5. The number of benzene rings is 2. The Balaban J connectivity index is 1.92. The highest BCUT2D eigenvalue weighted by Gasteiger charge is 2.52. The summed E-state index contributed by atoms with van der Waals surface area (Å²) >= 11 is 12.1. The van der Waals surface area contributed by atoms with Crippen molar-refractivity contribution < 1.29 is 32.0 Å². The first kappa shape index (κ1) is 24.0. The average molecular weight is 477 g/mol. The predicted octanol–water partition coefficient (Wildman–Crippen LogP) is 6.33. The van der Waals surface area contributed by atoms with E-state index in [0.717, 1.165) is 0 Å². The minimum absolute atomic E-state index is 0.101. The Kier molecular flexibility index (Phi) is 6.51. The Labute approximate surface area is 189 Å². The lowest BCUT2D eigenvalue weighted by atomic mass is 9.79. The van der Waals surface area contributed by atoms with E-state index in [9.17, 15) is 13.2 Å². The molecule has 0 aromatic heterocycles. The summed E-state index contributed by atoms with van der Waals surface area (Å²) in [6.07, 6.45) is -5.57. The van der Waals surface area contributed by atoms with Crippen molar-refractivity contribution in [2.45, 2.75) is 58.3 Å². The van der Waals surface area contributed by atoms with Crippen LogP contribution in [0.2, 0.25) is 10.0 Å². The van der Waals surface area contributed by atoms with Crippen LogP contribution in [0.1, 0.15) is 46.3 Å². The molecule has 1 atom stereocenters. The molecule has 1 saturated heterocycles. The van der Waals surface area contributed by atoms with Gasteiger partial charge in [-0.15, -0.1) is 13.2 Å². The van der Waals surface area contributed by atoms with Gasteiger partial charge in [0.1, 0.15) is 6.10 Å². The Morgan fingerprint density at radius 3 is 2.10 bits per heavy atom. The Morgan fingerprint density at radius 1 is 0.935 bits per heavy atom. The molecule has 0 aliphatic carbocycles. The van der Waals surface area contributed by atoms with E-state index in [0.29, 0.717) is 21.1 Å². The van der Waals surface area contributed by atoms with Gasteiger partial charge in [-0.3, -0.25) is 0 Å². The topological polar surface area (TPSA) is 36.9 Å². The summed E-state index contributed by atoms with van der Waals surface area (Å²) < 4.78 is 61.0. The highest BCUT2D eigenvalue weighted by molar-refractivity contribution is 6.62. The highest BCUT2D eigenvalue weighted by Crippen LogP contribution is 2.39. The van der Waals surface area contributed by atoms with E-state index in [1.165, 1.54) is 18.2 Å². The molecule has 168 valence electrons. The van der Waals surface area contributed by atoms with E-state index >= 15 is 0 Å². The quantitative estimate of drug-likeness (QED) is 0.472. The number of rotatable bonds is 5. The molecule has 0 unspecified atom stereocenters. The molecule has 2 aromatic rings. The second kappa shape index (κ2) is 8.39. The molecule has 0 spiro atoms. The molecule has 1 aliphatic heterocycles. The van der Waals surface area contributed by atoms with Crippen molar-refractivity contribution in [1.82, 2.24) is 0 Å². The average Bonchev–Trinajstić information content (AvgIpc) is 2.82. The van der Waals surface area contributed by atoms with E-state index in [1.54, 1.807) is 25.1 Å². The maximum absolute atomic E-state index is 13.1. The molecule has 0 bridgehead atoms. The second-order valence-corrected chi connectivity index (χ2v) is 9.11. The fraction of sp³-hybridized carbons (Fsp3) is 0.429. The lowest BCUT2D eigenvalue weighted by molar-refractivity contribution is -0.275. The third-order valence-corrected chi connectivity index (χ3v) is 5.99. The van der Waals surface area contributed by atoms with Gasteiger partial charge < -0.3 is 18.8 Å². The summed E-state index contributed by atoms with van der Waals surface area (Å²) in [5, 5.41) is 0.779. The van der Waals surface area contributed by atoms with Crippen LogP contribution in [0.15, 0.2) is 36.4 Å². The Bertz CT molecular complexity index is 950. The van der Waals surface area contributed by atoms with Crippen LogP contribution < -0.4 is 14.9 Å². The lowest BCUT2D eigenvalue weighted by Crippen LogP contribution is -2.41. The molecule has 0 radical (unpaired) electrons. The molecule has 3 rings (SSSR count). The molecule has 0 amide bonds. The van der Waals surface area contributed by atoms with E-state index in [2.05, 4.69) is 4.74 Å². The highest BCUT2D eigenvalue weighted by atomic mass is 35.5. The number of alkyl halides is 3. The lowest BCUT2D eigenvalue weighted by Gasteiger charge is -2.32. The van der Waals surface area contributed by atoms with Crippen molar-refractivity contribution in [3.63, 3.8) is 0 Å². The van der Waals surface area contributed by atoms with E-state index in [1.807, 2.05) is 27.7 Å². The second-order valence-electron chi connectivity index (χ2n) is 8.27. The minimum Gasteiger partial charge on any atom is -0.482 e. The summed E-state index contributed by atoms with van der Waals surface area (Å²) in [7, 11) is -0.849. The Morgan fingerprint density at radius 2 is 1.55 bits per heavy atom. The third-order valence-electron chi connectivity index (χ3n) is 5.42. The van der Waals surface area contributed by atoms with Gasteiger partial charge in [0, 0.05) is 15.6 Å². The molecule has 1 aliphatic rings. The maximum atomic E-state index is 13.1. The van der Waals surface area contributed by atoms with E-state index in [4.69, 9.17) is 37.2 Å². The Hall–Kier alpha value is -1.61. The summed E-state index contributed by atoms with van der Waals surface area (Å²) in [6.45, 7) is 9.09. The molecule has 10 heteroatoms. The molecule has 4 nitrogen and oxygen atoms in total. The third kappa shape index (κ3) is 5.42. The molecule has 0 N–H and O–H groups in total. The molecule has 1 heterocycles. The zero-order valence-electron chi connectivity index (χ0n) is 17.6. The molecular formula is C21H22BCl2F3O4. The SMILES string of the molecule is C[C@@H](Oc1ccc(B2OC(C)(C)C(C)(C)O2)cc1OC(F)(F)F)c1ccc(Cl)cc1Cl. The number of hydrogen-bond acceptors (Lipinski definition) is 4. The number of hydrogen-bond donors (Lipinski definition) is 0. The molecule has 0 saturated carbocycles. The van der Waals surface area contributed by atoms with E-state index in [-0.39, 0.29) is 5.75 Å². The fourth-order valence-corrected chi connectivity index (χ4v) is 3.60. The standard InChI is InChI=1S/C21H22BCl2F3O4/c1-12(15-8-7-14(23)11-16(15)24)28-17-9-6-13(10-18(17)29-21(25,26)27)22-30-19(2,3)20(4,5)31-22/h6-12H,1-5H3/t12-/m1/s1. The van der Waals surface area contributed by atoms with Gasteiger partial charge in [-0.25, -0.2) is 0 Å². The zero-order valence-corrected chi connectivity index (χ0v) is 19.2. The summed E-state index contributed by atoms with van der Waals surface area (Å²) in [5.74, 6) is -0.604. The molecular weight excluding hydrogens is 455 g/mol. The molecule has 2 aromatic carbocycles.